The Morgan fingerprint density at radius 2 is 1.79 bits per heavy atom. The maximum absolute atomic E-state index is 5.71. The molecule has 0 unspecified atom stereocenters. The van der Waals surface area contributed by atoms with Gasteiger partial charge in [-0.25, -0.2) is 0 Å². The van der Waals surface area contributed by atoms with Crippen molar-refractivity contribution in [2.45, 2.75) is 25.7 Å². The van der Waals surface area contributed by atoms with Crippen molar-refractivity contribution in [1.29, 1.82) is 0 Å². The second-order valence-corrected chi connectivity index (χ2v) is 7.11. The number of halogens is 1. The summed E-state index contributed by atoms with van der Waals surface area (Å²) >= 11 is 8.64. The van der Waals surface area contributed by atoms with Crippen LogP contribution in [-0.2, 0) is 0 Å². The number of hydrogen-bond donors (Lipinski definition) is 1. The fraction of sp³-hybridized carbons (Fsp3) is 0.533. The van der Waals surface area contributed by atoms with E-state index in [2.05, 4.69) is 33.0 Å². The minimum Gasteiger partial charge on any atom is -0.389 e. The monoisotopic (exact) mass is 338 g/mol. The number of nitrogens with zero attached hydrogens (tertiary/aromatic N) is 1. The van der Waals surface area contributed by atoms with E-state index < -0.39 is 0 Å². The number of rotatable bonds is 6. The topological polar surface area (TPSA) is 29.3 Å². The highest BCUT2D eigenvalue weighted by molar-refractivity contribution is 9.10. The second-order valence-electron chi connectivity index (χ2n) is 5.82. The van der Waals surface area contributed by atoms with Crippen LogP contribution in [0.4, 0.5) is 5.69 Å². The molecule has 102 valence electrons. The normalized spacial score (nSPS) is 18.4. The van der Waals surface area contributed by atoms with Gasteiger partial charge in [0.1, 0.15) is 4.99 Å². The molecule has 0 radical (unpaired) electrons. The zero-order valence-electron chi connectivity index (χ0n) is 10.9. The van der Waals surface area contributed by atoms with Crippen LogP contribution in [-0.4, -0.2) is 18.1 Å². The summed E-state index contributed by atoms with van der Waals surface area (Å²) in [6.07, 6.45) is 5.58. The summed E-state index contributed by atoms with van der Waals surface area (Å²) < 4.78 is 1.01. The summed E-state index contributed by atoms with van der Waals surface area (Å²) in [5.41, 5.74) is 7.93. The molecule has 0 aromatic heterocycles. The first-order chi connectivity index (χ1) is 9.13. The molecule has 0 bridgehead atoms. The summed E-state index contributed by atoms with van der Waals surface area (Å²) in [6.45, 7) is 2.41. The fourth-order valence-corrected chi connectivity index (χ4v) is 3.30. The van der Waals surface area contributed by atoms with E-state index in [0.29, 0.717) is 4.99 Å². The zero-order valence-corrected chi connectivity index (χ0v) is 13.3. The van der Waals surface area contributed by atoms with Crippen molar-refractivity contribution in [3.63, 3.8) is 0 Å². The van der Waals surface area contributed by atoms with Crippen LogP contribution in [0.5, 0.6) is 0 Å². The molecule has 2 aliphatic rings. The lowest BCUT2D eigenvalue weighted by atomic mass is 10.1. The Balaban J connectivity index is 1.79. The predicted octanol–water partition coefficient (Wildman–Crippen LogP) is 3.71. The van der Waals surface area contributed by atoms with E-state index in [0.717, 1.165) is 21.9 Å². The van der Waals surface area contributed by atoms with Crippen molar-refractivity contribution in [2.75, 3.05) is 18.0 Å². The highest BCUT2D eigenvalue weighted by atomic mass is 79.9. The van der Waals surface area contributed by atoms with Crippen molar-refractivity contribution in [3.05, 3.63) is 28.2 Å². The SMILES string of the molecule is NC(=S)c1ccc(N(CC2CC2)CC2CC2)cc1Br. The molecule has 2 aliphatic carbocycles. The highest BCUT2D eigenvalue weighted by Gasteiger charge is 2.29. The third-order valence-corrected chi connectivity index (χ3v) is 4.81. The van der Waals surface area contributed by atoms with Gasteiger partial charge in [0, 0.05) is 28.8 Å². The summed E-state index contributed by atoms with van der Waals surface area (Å²) in [7, 11) is 0. The molecule has 0 saturated heterocycles. The Hall–Kier alpha value is -0.610. The smallest absolute Gasteiger partial charge is 0.105 e. The summed E-state index contributed by atoms with van der Waals surface area (Å²) in [4.78, 5) is 3.00. The summed E-state index contributed by atoms with van der Waals surface area (Å²) in [5, 5.41) is 0. The maximum Gasteiger partial charge on any atom is 0.105 e. The Bertz CT molecular complexity index is 481. The maximum atomic E-state index is 5.71. The first-order valence-corrected chi connectivity index (χ1v) is 8.18. The number of anilines is 1. The third kappa shape index (κ3) is 3.48. The first kappa shape index (κ1) is 13.4. The molecule has 0 amide bonds. The Morgan fingerprint density at radius 1 is 1.21 bits per heavy atom. The van der Waals surface area contributed by atoms with Crippen molar-refractivity contribution >= 4 is 38.8 Å². The molecule has 0 heterocycles. The van der Waals surface area contributed by atoms with Crippen LogP contribution in [0.25, 0.3) is 0 Å². The van der Waals surface area contributed by atoms with Gasteiger partial charge >= 0.3 is 0 Å². The molecule has 0 atom stereocenters. The zero-order chi connectivity index (χ0) is 13.4. The average molecular weight is 339 g/mol. The summed E-state index contributed by atoms with van der Waals surface area (Å²) in [5.74, 6) is 1.82. The highest BCUT2D eigenvalue weighted by Crippen LogP contribution is 2.36. The molecular weight excluding hydrogens is 320 g/mol. The first-order valence-electron chi connectivity index (χ1n) is 6.98. The van der Waals surface area contributed by atoms with Gasteiger partial charge in [0.05, 0.1) is 0 Å². The largest absolute Gasteiger partial charge is 0.389 e. The van der Waals surface area contributed by atoms with E-state index in [4.69, 9.17) is 18.0 Å². The Kier molecular flexibility index (Phi) is 3.81. The molecule has 19 heavy (non-hydrogen) atoms. The van der Waals surface area contributed by atoms with Gasteiger partial charge in [-0.05, 0) is 71.6 Å². The standard InChI is InChI=1S/C15H19BrN2S/c16-14-7-12(5-6-13(14)15(17)19)18(8-10-1-2-10)9-11-3-4-11/h5-7,10-11H,1-4,8-9H2,(H2,17,19). The molecule has 2 saturated carbocycles. The van der Waals surface area contributed by atoms with E-state index in [9.17, 15) is 0 Å². The second kappa shape index (κ2) is 5.41. The number of hydrogen-bond acceptors (Lipinski definition) is 2. The van der Waals surface area contributed by atoms with E-state index >= 15 is 0 Å². The van der Waals surface area contributed by atoms with Crippen LogP contribution in [0.15, 0.2) is 22.7 Å². The number of thiocarbonyl (C=S) groups is 1. The van der Waals surface area contributed by atoms with Crippen LogP contribution in [0.2, 0.25) is 0 Å². The van der Waals surface area contributed by atoms with Crippen molar-refractivity contribution in [2.24, 2.45) is 17.6 Å². The van der Waals surface area contributed by atoms with Gasteiger partial charge in [-0.3, -0.25) is 0 Å². The van der Waals surface area contributed by atoms with Crippen molar-refractivity contribution in [3.8, 4) is 0 Å². The van der Waals surface area contributed by atoms with Crippen molar-refractivity contribution < 1.29 is 0 Å². The molecule has 2 nitrogen and oxygen atoms in total. The van der Waals surface area contributed by atoms with E-state index in [1.54, 1.807) is 0 Å². The van der Waals surface area contributed by atoms with Gasteiger partial charge in [-0.1, -0.05) is 12.2 Å². The predicted molar refractivity (Wildman–Crippen MR) is 87.7 cm³/mol. The minimum atomic E-state index is 0.453. The van der Waals surface area contributed by atoms with Crippen LogP contribution in [0.1, 0.15) is 31.2 Å². The lowest BCUT2D eigenvalue weighted by Gasteiger charge is -2.25. The van der Waals surface area contributed by atoms with Gasteiger partial charge < -0.3 is 10.6 Å². The van der Waals surface area contributed by atoms with Gasteiger partial charge in [-0.15, -0.1) is 0 Å². The number of benzene rings is 1. The molecule has 4 heteroatoms. The van der Waals surface area contributed by atoms with E-state index in [-0.39, 0.29) is 0 Å². The average Bonchev–Trinajstić information content (AvgIpc) is 3.22. The van der Waals surface area contributed by atoms with Crippen molar-refractivity contribution in [1.82, 2.24) is 0 Å². The molecule has 1 aromatic rings. The quantitative estimate of drug-likeness (QED) is 0.801. The Morgan fingerprint density at radius 3 is 2.21 bits per heavy atom. The van der Waals surface area contributed by atoms with E-state index in [1.165, 1.54) is 44.5 Å². The van der Waals surface area contributed by atoms with E-state index in [1.807, 2.05) is 6.07 Å². The Labute approximate surface area is 128 Å². The van der Waals surface area contributed by atoms with Crippen LogP contribution < -0.4 is 10.6 Å². The summed E-state index contributed by atoms with van der Waals surface area (Å²) in [6, 6.07) is 6.36. The van der Waals surface area contributed by atoms with Gasteiger partial charge in [0.25, 0.3) is 0 Å². The van der Waals surface area contributed by atoms with Crippen LogP contribution >= 0.6 is 28.1 Å². The van der Waals surface area contributed by atoms with Gasteiger partial charge in [0.2, 0.25) is 0 Å². The molecular formula is C15H19BrN2S. The molecule has 0 spiro atoms. The lowest BCUT2D eigenvalue weighted by Crippen LogP contribution is -2.28. The fourth-order valence-electron chi connectivity index (χ4n) is 2.41. The minimum absolute atomic E-state index is 0.453. The molecule has 2 fully saturated rings. The van der Waals surface area contributed by atoms with Gasteiger partial charge in [-0.2, -0.15) is 0 Å². The molecule has 3 rings (SSSR count). The molecule has 0 aliphatic heterocycles. The third-order valence-electron chi connectivity index (χ3n) is 3.93. The number of nitrogens with two attached hydrogens (primary N) is 1. The van der Waals surface area contributed by atoms with Gasteiger partial charge in [0.15, 0.2) is 0 Å². The molecule has 2 N–H and O–H groups in total. The van der Waals surface area contributed by atoms with Crippen LogP contribution in [0.3, 0.4) is 0 Å². The lowest BCUT2D eigenvalue weighted by molar-refractivity contribution is 0.679. The molecule has 1 aromatic carbocycles. The van der Waals surface area contributed by atoms with Crippen LogP contribution in [0, 0.1) is 11.8 Å².